The first-order valence-corrected chi connectivity index (χ1v) is 5.94. The smallest absolute Gasteiger partial charge is 0.242 e. The van der Waals surface area contributed by atoms with Gasteiger partial charge in [0.2, 0.25) is 5.91 Å². The summed E-state index contributed by atoms with van der Waals surface area (Å²) in [5.74, 6) is -0.0960. The molecule has 1 aliphatic heterocycles. The molecule has 1 amide bonds. The number of rotatable bonds is 2. The Balaban J connectivity index is 2.48. The highest BCUT2D eigenvalue weighted by Gasteiger charge is 2.31. The molecular formula is C12H15N5O2. The summed E-state index contributed by atoms with van der Waals surface area (Å²) >= 11 is 0. The molecular weight excluding hydrogens is 246 g/mol. The van der Waals surface area contributed by atoms with Crippen LogP contribution in [0.1, 0.15) is 16.8 Å². The highest BCUT2D eigenvalue weighted by atomic mass is 16.5. The molecule has 2 N–H and O–H groups in total. The van der Waals surface area contributed by atoms with E-state index < -0.39 is 11.9 Å². The van der Waals surface area contributed by atoms with E-state index >= 15 is 0 Å². The van der Waals surface area contributed by atoms with E-state index in [1.54, 1.807) is 11.8 Å². The van der Waals surface area contributed by atoms with Crippen LogP contribution >= 0.6 is 0 Å². The van der Waals surface area contributed by atoms with Crippen molar-refractivity contribution in [1.29, 1.82) is 5.26 Å². The predicted octanol–water partition coefficient (Wildman–Crippen LogP) is -0.344. The van der Waals surface area contributed by atoms with Crippen molar-refractivity contribution in [3.05, 3.63) is 16.8 Å². The molecule has 100 valence electrons. The van der Waals surface area contributed by atoms with Crippen LogP contribution in [0.3, 0.4) is 0 Å². The van der Waals surface area contributed by atoms with Crippen LogP contribution in [0.2, 0.25) is 0 Å². The van der Waals surface area contributed by atoms with Gasteiger partial charge in [-0.25, -0.2) is 0 Å². The molecule has 1 unspecified atom stereocenters. The lowest BCUT2D eigenvalue weighted by Crippen LogP contribution is -2.53. The number of hydrogen-bond acceptors (Lipinski definition) is 6. The first kappa shape index (κ1) is 13.2. The topological polar surface area (TPSA) is 105 Å². The number of aryl methyl sites for hydroxylation is 1. The molecule has 19 heavy (non-hydrogen) atoms. The zero-order valence-corrected chi connectivity index (χ0v) is 10.9. The average molecular weight is 261 g/mol. The second kappa shape index (κ2) is 5.20. The summed E-state index contributed by atoms with van der Waals surface area (Å²) in [5, 5.41) is 17.4. The Morgan fingerprint density at radius 3 is 2.89 bits per heavy atom. The number of ether oxygens (including phenoxy) is 1. The Hall–Kier alpha value is -2.20. The van der Waals surface area contributed by atoms with E-state index in [1.165, 1.54) is 0 Å². The van der Waals surface area contributed by atoms with Crippen LogP contribution in [-0.4, -0.2) is 41.9 Å². The first-order valence-electron chi connectivity index (χ1n) is 5.94. The van der Waals surface area contributed by atoms with E-state index in [9.17, 15) is 10.1 Å². The number of primary amides is 1. The van der Waals surface area contributed by atoms with Crippen molar-refractivity contribution in [2.75, 3.05) is 24.7 Å². The van der Waals surface area contributed by atoms with Crippen molar-refractivity contribution >= 4 is 11.7 Å². The molecule has 2 rings (SSSR count). The monoisotopic (exact) mass is 261 g/mol. The number of nitrogens with zero attached hydrogens (tertiary/aromatic N) is 4. The maximum atomic E-state index is 11.5. The van der Waals surface area contributed by atoms with Gasteiger partial charge in [-0.3, -0.25) is 4.79 Å². The molecule has 7 nitrogen and oxygen atoms in total. The summed E-state index contributed by atoms with van der Waals surface area (Å²) < 4.78 is 5.25. The number of carbonyl (C=O) groups is 1. The Morgan fingerprint density at radius 2 is 2.26 bits per heavy atom. The lowest BCUT2D eigenvalue weighted by Gasteiger charge is -2.34. The minimum Gasteiger partial charge on any atom is -0.377 e. The largest absolute Gasteiger partial charge is 0.377 e. The second-order valence-electron chi connectivity index (χ2n) is 4.41. The third-order valence-corrected chi connectivity index (χ3v) is 3.28. The number of hydrogen-bond donors (Lipinski definition) is 1. The number of amides is 1. The Labute approximate surface area is 111 Å². The molecule has 7 heteroatoms. The summed E-state index contributed by atoms with van der Waals surface area (Å²) in [4.78, 5) is 13.2. The van der Waals surface area contributed by atoms with Crippen molar-refractivity contribution in [1.82, 2.24) is 10.2 Å². The molecule has 1 fully saturated rings. The van der Waals surface area contributed by atoms with Gasteiger partial charge in [-0.2, -0.15) is 10.4 Å². The third kappa shape index (κ3) is 2.35. The van der Waals surface area contributed by atoms with Gasteiger partial charge in [0, 0.05) is 6.54 Å². The van der Waals surface area contributed by atoms with Gasteiger partial charge in [0.05, 0.1) is 18.9 Å². The summed E-state index contributed by atoms with van der Waals surface area (Å²) in [6.07, 6.45) is 0. The van der Waals surface area contributed by atoms with Gasteiger partial charge >= 0.3 is 0 Å². The number of nitrogens with two attached hydrogens (primary N) is 1. The van der Waals surface area contributed by atoms with Crippen LogP contribution in [0, 0.1) is 25.2 Å². The molecule has 1 atom stereocenters. The molecule has 1 aliphatic rings. The molecule has 0 spiro atoms. The summed E-state index contributed by atoms with van der Waals surface area (Å²) in [5.41, 5.74) is 7.26. The lowest BCUT2D eigenvalue weighted by atomic mass is 10.1. The highest BCUT2D eigenvalue weighted by molar-refractivity contribution is 5.84. The normalized spacial score (nSPS) is 19.0. The number of nitriles is 1. The molecule has 0 aliphatic carbocycles. The summed E-state index contributed by atoms with van der Waals surface area (Å²) in [6, 6.07) is 1.51. The van der Waals surface area contributed by atoms with Crippen molar-refractivity contribution < 1.29 is 9.53 Å². The van der Waals surface area contributed by atoms with Gasteiger partial charge in [-0.15, -0.1) is 5.10 Å². The minimum absolute atomic E-state index is 0.203. The predicted molar refractivity (Wildman–Crippen MR) is 67.4 cm³/mol. The van der Waals surface area contributed by atoms with Gasteiger partial charge < -0.3 is 15.4 Å². The molecule has 0 aromatic carbocycles. The molecule has 2 heterocycles. The standard InChI is InChI=1S/C12H15N5O2/c1-7-8(2)15-16-12(9(7)5-13)17-3-4-19-6-10(17)11(14)18/h10H,3-4,6H2,1-2H3,(H2,14,18). The lowest BCUT2D eigenvalue weighted by molar-refractivity contribution is -0.121. The molecule has 1 aromatic rings. The van der Waals surface area contributed by atoms with Crippen LogP contribution in [0.15, 0.2) is 0 Å². The minimum atomic E-state index is -0.614. The van der Waals surface area contributed by atoms with E-state index in [-0.39, 0.29) is 6.61 Å². The highest BCUT2D eigenvalue weighted by Crippen LogP contribution is 2.24. The van der Waals surface area contributed by atoms with Crippen molar-refractivity contribution in [3.63, 3.8) is 0 Å². The van der Waals surface area contributed by atoms with Crippen molar-refractivity contribution in [3.8, 4) is 6.07 Å². The molecule has 0 bridgehead atoms. The van der Waals surface area contributed by atoms with E-state index in [1.807, 2.05) is 6.92 Å². The van der Waals surface area contributed by atoms with Crippen molar-refractivity contribution in [2.24, 2.45) is 5.73 Å². The maximum Gasteiger partial charge on any atom is 0.242 e. The number of aromatic nitrogens is 2. The van der Waals surface area contributed by atoms with Crippen LogP contribution < -0.4 is 10.6 Å². The Morgan fingerprint density at radius 1 is 1.53 bits per heavy atom. The van der Waals surface area contributed by atoms with E-state index in [0.29, 0.717) is 30.2 Å². The Kier molecular flexibility index (Phi) is 3.62. The van der Waals surface area contributed by atoms with E-state index in [0.717, 1.165) is 5.56 Å². The zero-order valence-electron chi connectivity index (χ0n) is 10.9. The average Bonchev–Trinajstić information content (AvgIpc) is 2.41. The van der Waals surface area contributed by atoms with Gasteiger partial charge in [-0.1, -0.05) is 0 Å². The molecule has 1 aromatic heterocycles. The van der Waals surface area contributed by atoms with Crippen LogP contribution in [-0.2, 0) is 9.53 Å². The quantitative estimate of drug-likeness (QED) is 0.780. The Bertz CT molecular complexity index is 552. The van der Waals surface area contributed by atoms with E-state index in [4.69, 9.17) is 10.5 Å². The van der Waals surface area contributed by atoms with Gasteiger partial charge in [-0.05, 0) is 19.4 Å². The van der Waals surface area contributed by atoms with E-state index in [2.05, 4.69) is 16.3 Å². The summed E-state index contributed by atoms with van der Waals surface area (Å²) in [7, 11) is 0. The van der Waals surface area contributed by atoms with Gasteiger partial charge in [0.1, 0.15) is 17.7 Å². The first-order chi connectivity index (χ1) is 9.06. The third-order valence-electron chi connectivity index (χ3n) is 3.28. The number of anilines is 1. The van der Waals surface area contributed by atoms with Crippen LogP contribution in [0.5, 0.6) is 0 Å². The van der Waals surface area contributed by atoms with Crippen LogP contribution in [0.25, 0.3) is 0 Å². The number of morpholine rings is 1. The second-order valence-corrected chi connectivity index (χ2v) is 4.41. The fourth-order valence-corrected chi connectivity index (χ4v) is 2.02. The molecule has 1 saturated heterocycles. The summed E-state index contributed by atoms with van der Waals surface area (Å²) in [6.45, 7) is 4.72. The van der Waals surface area contributed by atoms with Crippen LogP contribution in [0.4, 0.5) is 5.82 Å². The van der Waals surface area contributed by atoms with Gasteiger partial charge in [0.15, 0.2) is 5.82 Å². The van der Waals surface area contributed by atoms with Crippen molar-refractivity contribution in [2.45, 2.75) is 19.9 Å². The fourth-order valence-electron chi connectivity index (χ4n) is 2.02. The fraction of sp³-hybridized carbons (Fsp3) is 0.500. The molecule has 0 saturated carbocycles. The number of carbonyl (C=O) groups excluding carboxylic acids is 1. The SMILES string of the molecule is Cc1nnc(N2CCOCC2C(N)=O)c(C#N)c1C. The van der Waals surface area contributed by atoms with Gasteiger partial charge in [0.25, 0.3) is 0 Å². The molecule has 0 radical (unpaired) electrons. The maximum absolute atomic E-state index is 11.5. The zero-order chi connectivity index (χ0) is 14.0.